The first-order valence-electron chi connectivity index (χ1n) is 7.13. The Hall–Kier alpha value is -1.46. The molecule has 2 rings (SSSR count). The van der Waals surface area contributed by atoms with Crippen molar-refractivity contribution in [3.05, 3.63) is 34.9 Å². The van der Waals surface area contributed by atoms with Gasteiger partial charge in [-0.25, -0.2) is 0 Å². The molecule has 2 nitrogen and oxygen atoms in total. The van der Waals surface area contributed by atoms with Gasteiger partial charge in [0.25, 0.3) is 0 Å². The number of allylic oxidation sites excluding steroid dienone is 1. The number of rotatable bonds is 4. The van der Waals surface area contributed by atoms with Crippen LogP contribution >= 0.6 is 11.6 Å². The lowest BCUT2D eigenvalue weighted by atomic mass is 9.83. The van der Waals surface area contributed by atoms with Crippen molar-refractivity contribution in [2.24, 2.45) is 5.92 Å². The van der Waals surface area contributed by atoms with E-state index < -0.39 is 0 Å². The Morgan fingerprint density at radius 1 is 1.40 bits per heavy atom. The summed E-state index contributed by atoms with van der Waals surface area (Å²) in [6.45, 7) is 0. The normalized spacial score (nSPS) is 16.8. The minimum Gasteiger partial charge on any atom is -0.495 e. The fraction of sp³-hybridized carbons (Fsp3) is 0.471. The molecular formula is C17H20ClNO. The first-order chi connectivity index (χ1) is 9.78. The van der Waals surface area contributed by atoms with Gasteiger partial charge < -0.3 is 4.74 Å². The second kappa shape index (κ2) is 7.36. The predicted molar refractivity (Wildman–Crippen MR) is 83.0 cm³/mol. The van der Waals surface area contributed by atoms with Crippen LogP contribution in [0.3, 0.4) is 0 Å². The van der Waals surface area contributed by atoms with Crippen LogP contribution in [0.2, 0.25) is 0 Å². The summed E-state index contributed by atoms with van der Waals surface area (Å²) in [6, 6.07) is 7.87. The third kappa shape index (κ3) is 3.55. The van der Waals surface area contributed by atoms with E-state index in [-0.39, 0.29) is 0 Å². The highest BCUT2D eigenvalue weighted by Crippen LogP contribution is 2.32. The number of hydrogen-bond acceptors (Lipinski definition) is 2. The minimum absolute atomic E-state index is 0.568. The highest BCUT2D eigenvalue weighted by molar-refractivity contribution is 6.19. The van der Waals surface area contributed by atoms with Crippen LogP contribution in [0.4, 0.5) is 0 Å². The molecule has 1 saturated carbocycles. The molecular weight excluding hydrogens is 270 g/mol. The molecule has 0 N–H and O–H groups in total. The molecule has 0 radical (unpaired) electrons. The van der Waals surface area contributed by atoms with Crippen LogP contribution < -0.4 is 4.74 Å². The second-order valence-corrected chi connectivity index (χ2v) is 5.53. The zero-order chi connectivity index (χ0) is 14.4. The van der Waals surface area contributed by atoms with Gasteiger partial charge in [0.15, 0.2) is 0 Å². The summed E-state index contributed by atoms with van der Waals surface area (Å²) in [7, 11) is 1.58. The molecule has 0 aromatic heterocycles. The minimum atomic E-state index is 0.568. The summed E-state index contributed by atoms with van der Waals surface area (Å²) < 4.78 is 5.17. The Morgan fingerprint density at radius 2 is 2.15 bits per heavy atom. The molecule has 0 unspecified atom stereocenters. The van der Waals surface area contributed by atoms with E-state index in [1.54, 1.807) is 7.11 Å². The summed E-state index contributed by atoms with van der Waals surface area (Å²) in [5, 5.41) is 9.14. The highest BCUT2D eigenvalue weighted by atomic mass is 35.5. The molecule has 0 aliphatic heterocycles. The van der Waals surface area contributed by atoms with Gasteiger partial charge in [0.05, 0.1) is 12.7 Å². The van der Waals surface area contributed by atoms with E-state index in [9.17, 15) is 0 Å². The average molecular weight is 290 g/mol. The van der Waals surface area contributed by atoms with Gasteiger partial charge in [0.1, 0.15) is 11.8 Å². The molecule has 1 aromatic rings. The number of hydrogen-bond donors (Lipinski definition) is 0. The molecule has 1 aromatic carbocycles. The van der Waals surface area contributed by atoms with E-state index in [2.05, 4.69) is 12.1 Å². The Balaban J connectivity index is 2.25. The standard InChI is InChI=1S/C17H20ClNO/c1-20-17-8-7-13(10-16(17)12-19)9-15(11-18)14-5-3-2-4-6-14/h7-10,14H,2-6,11H2,1H3/b15-9-. The number of nitriles is 1. The van der Waals surface area contributed by atoms with Crippen molar-refractivity contribution in [3.63, 3.8) is 0 Å². The fourth-order valence-electron chi connectivity index (χ4n) is 2.86. The number of methoxy groups -OCH3 is 1. The van der Waals surface area contributed by atoms with E-state index in [1.165, 1.54) is 37.7 Å². The van der Waals surface area contributed by atoms with Crippen molar-refractivity contribution in [3.8, 4) is 11.8 Å². The van der Waals surface area contributed by atoms with Crippen molar-refractivity contribution >= 4 is 17.7 Å². The van der Waals surface area contributed by atoms with Crippen LogP contribution in [0.1, 0.15) is 43.2 Å². The Morgan fingerprint density at radius 3 is 2.75 bits per heavy atom. The van der Waals surface area contributed by atoms with E-state index >= 15 is 0 Å². The predicted octanol–water partition coefficient (Wildman–Crippen LogP) is 4.77. The van der Waals surface area contributed by atoms with Gasteiger partial charge in [-0.15, -0.1) is 11.6 Å². The van der Waals surface area contributed by atoms with Gasteiger partial charge in [-0.3, -0.25) is 0 Å². The van der Waals surface area contributed by atoms with Crippen LogP contribution in [-0.4, -0.2) is 13.0 Å². The van der Waals surface area contributed by atoms with E-state index in [4.69, 9.17) is 21.6 Å². The van der Waals surface area contributed by atoms with Crippen molar-refractivity contribution in [1.29, 1.82) is 5.26 Å². The molecule has 0 saturated heterocycles. The topological polar surface area (TPSA) is 33.0 Å². The van der Waals surface area contributed by atoms with E-state index in [0.29, 0.717) is 23.1 Å². The fourth-order valence-corrected chi connectivity index (χ4v) is 3.15. The zero-order valence-electron chi connectivity index (χ0n) is 11.9. The van der Waals surface area contributed by atoms with E-state index in [0.717, 1.165) is 5.56 Å². The first-order valence-corrected chi connectivity index (χ1v) is 7.66. The Bertz CT molecular complexity index is 524. The van der Waals surface area contributed by atoms with Crippen molar-refractivity contribution in [2.45, 2.75) is 32.1 Å². The third-order valence-corrected chi connectivity index (χ3v) is 4.29. The lowest BCUT2D eigenvalue weighted by Gasteiger charge is -2.23. The molecule has 1 aliphatic rings. The number of ether oxygens (including phenoxy) is 1. The molecule has 1 fully saturated rings. The summed E-state index contributed by atoms with van der Waals surface area (Å²) in [5.74, 6) is 1.79. The van der Waals surface area contributed by atoms with Crippen molar-refractivity contribution in [1.82, 2.24) is 0 Å². The average Bonchev–Trinajstić information content (AvgIpc) is 2.53. The quantitative estimate of drug-likeness (QED) is 0.748. The molecule has 0 bridgehead atoms. The number of alkyl halides is 1. The zero-order valence-corrected chi connectivity index (χ0v) is 12.6. The molecule has 106 valence electrons. The molecule has 0 atom stereocenters. The van der Waals surface area contributed by atoms with E-state index in [1.807, 2.05) is 18.2 Å². The smallest absolute Gasteiger partial charge is 0.136 e. The highest BCUT2D eigenvalue weighted by Gasteiger charge is 2.17. The van der Waals surface area contributed by atoms with Crippen molar-refractivity contribution in [2.75, 3.05) is 13.0 Å². The van der Waals surface area contributed by atoms with Gasteiger partial charge in [0.2, 0.25) is 0 Å². The summed E-state index contributed by atoms with van der Waals surface area (Å²) >= 11 is 6.13. The Kier molecular flexibility index (Phi) is 5.49. The molecule has 0 spiro atoms. The SMILES string of the molecule is COc1ccc(/C=C(/CCl)C2CCCCC2)cc1C#N. The number of benzene rings is 1. The molecule has 3 heteroatoms. The van der Waals surface area contributed by atoms with Crippen LogP contribution in [0.25, 0.3) is 6.08 Å². The summed E-state index contributed by atoms with van der Waals surface area (Å²) in [6.07, 6.45) is 8.55. The molecule has 1 aliphatic carbocycles. The van der Waals surface area contributed by atoms with Crippen molar-refractivity contribution < 1.29 is 4.74 Å². The molecule has 20 heavy (non-hydrogen) atoms. The lowest BCUT2D eigenvalue weighted by molar-refractivity contribution is 0.405. The summed E-state index contributed by atoms with van der Waals surface area (Å²) in [5.41, 5.74) is 2.89. The maximum atomic E-state index is 9.14. The largest absolute Gasteiger partial charge is 0.495 e. The monoisotopic (exact) mass is 289 g/mol. The summed E-state index contributed by atoms with van der Waals surface area (Å²) in [4.78, 5) is 0. The van der Waals surface area contributed by atoms with Crippen LogP contribution in [0, 0.1) is 17.2 Å². The van der Waals surface area contributed by atoms with Crippen LogP contribution in [0.15, 0.2) is 23.8 Å². The number of nitrogens with zero attached hydrogens (tertiary/aromatic N) is 1. The van der Waals surface area contributed by atoms with Gasteiger partial charge in [-0.2, -0.15) is 5.26 Å². The first kappa shape index (κ1) is 14.9. The Labute approximate surface area is 126 Å². The maximum absolute atomic E-state index is 9.14. The third-order valence-electron chi connectivity index (χ3n) is 3.98. The van der Waals surface area contributed by atoms with Gasteiger partial charge in [-0.1, -0.05) is 37.0 Å². The van der Waals surface area contributed by atoms with Gasteiger partial charge in [0, 0.05) is 5.88 Å². The molecule has 0 amide bonds. The van der Waals surface area contributed by atoms with Crippen LogP contribution in [0.5, 0.6) is 5.75 Å². The second-order valence-electron chi connectivity index (χ2n) is 5.26. The van der Waals surface area contributed by atoms with Gasteiger partial charge >= 0.3 is 0 Å². The number of halogens is 1. The van der Waals surface area contributed by atoms with Crippen LogP contribution in [-0.2, 0) is 0 Å². The maximum Gasteiger partial charge on any atom is 0.136 e. The lowest BCUT2D eigenvalue weighted by Crippen LogP contribution is -2.10. The van der Waals surface area contributed by atoms with Gasteiger partial charge in [-0.05, 0) is 36.5 Å². The molecule has 0 heterocycles.